The molecule has 1 saturated heterocycles. The van der Waals surface area contributed by atoms with Crippen LogP contribution in [0.15, 0.2) is 18.2 Å². The van der Waals surface area contributed by atoms with E-state index in [1.165, 1.54) is 11.0 Å². The number of fused-ring (bicyclic) bond motifs is 1. The van der Waals surface area contributed by atoms with Crippen molar-refractivity contribution >= 4 is 17.3 Å². The Kier molecular flexibility index (Phi) is 4.34. The predicted molar refractivity (Wildman–Crippen MR) is 102 cm³/mol. The number of alkyl halides is 3. The molecule has 9 heteroatoms. The molecule has 3 heterocycles. The van der Waals surface area contributed by atoms with Gasteiger partial charge in [0.25, 0.3) is 5.91 Å². The Balaban J connectivity index is 1.39. The van der Waals surface area contributed by atoms with Gasteiger partial charge in [0.05, 0.1) is 5.52 Å². The molecule has 0 radical (unpaired) electrons. The number of halogens is 3. The highest BCUT2D eigenvalue weighted by Gasteiger charge is 2.39. The van der Waals surface area contributed by atoms with Crippen molar-refractivity contribution in [3.05, 3.63) is 35.2 Å². The summed E-state index contributed by atoms with van der Waals surface area (Å²) in [6.45, 7) is 2.91. The first-order chi connectivity index (χ1) is 14.2. The van der Waals surface area contributed by atoms with Gasteiger partial charge in [0.1, 0.15) is 12.2 Å². The number of carbonyl (C=O) groups is 2. The lowest BCUT2D eigenvalue weighted by Crippen LogP contribution is -2.58. The molecular weight excluding hydrogens is 397 g/mol. The van der Waals surface area contributed by atoms with Crippen molar-refractivity contribution in [2.24, 2.45) is 5.92 Å². The van der Waals surface area contributed by atoms with Crippen LogP contribution < -0.4 is 0 Å². The molecule has 5 rings (SSSR count). The first kappa shape index (κ1) is 19.4. The maximum Gasteiger partial charge on any atom is 0.433 e. The van der Waals surface area contributed by atoms with Gasteiger partial charge < -0.3 is 9.80 Å². The standard InChI is InChI=1S/C21H23F3N4O2/c1-12-6-15(7-12)27-5-4-26(11-19(27)29)20(30)17-10-16-8-14(13-2-3-13)9-18(21(22,23)24)28(16)25-17/h8-10,12-13,15H,2-7,11H2,1H3. The van der Waals surface area contributed by atoms with E-state index in [2.05, 4.69) is 12.0 Å². The fraction of sp³-hybridized carbons (Fsp3) is 0.571. The van der Waals surface area contributed by atoms with E-state index in [1.807, 2.05) is 4.90 Å². The van der Waals surface area contributed by atoms with E-state index in [4.69, 9.17) is 0 Å². The van der Waals surface area contributed by atoms with E-state index in [1.54, 1.807) is 6.07 Å². The molecule has 30 heavy (non-hydrogen) atoms. The average molecular weight is 420 g/mol. The van der Waals surface area contributed by atoms with Crippen LogP contribution in [0.1, 0.15) is 60.3 Å². The van der Waals surface area contributed by atoms with Crippen molar-refractivity contribution in [1.82, 2.24) is 19.4 Å². The van der Waals surface area contributed by atoms with Crippen molar-refractivity contribution in [3.8, 4) is 0 Å². The van der Waals surface area contributed by atoms with E-state index in [-0.39, 0.29) is 35.6 Å². The molecule has 2 amide bonds. The summed E-state index contributed by atoms with van der Waals surface area (Å²) in [5, 5.41) is 3.97. The van der Waals surface area contributed by atoms with Crippen LogP contribution >= 0.6 is 0 Å². The number of hydrogen-bond donors (Lipinski definition) is 0. The van der Waals surface area contributed by atoms with Crippen molar-refractivity contribution in [1.29, 1.82) is 0 Å². The summed E-state index contributed by atoms with van der Waals surface area (Å²) in [6, 6.07) is 4.45. The van der Waals surface area contributed by atoms with E-state index < -0.39 is 17.8 Å². The Hall–Kier alpha value is -2.58. The first-order valence-electron chi connectivity index (χ1n) is 10.4. The SMILES string of the molecule is CC1CC(N2CCN(C(=O)c3cc4cc(C5CC5)cc(C(F)(F)F)n4n3)CC2=O)C1. The molecule has 0 bridgehead atoms. The topological polar surface area (TPSA) is 57.9 Å². The van der Waals surface area contributed by atoms with E-state index in [9.17, 15) is 22.8 Å². The lowest BCUT2D eigenvalue weighted by Gasteiger charge is -2.45. The second-order valence-corrected chi connectivity index (χ2v) is 8.86. The molecule has 0 unspecified atom stereocenters. The minimum atomic E-state index is -4.57. The fourth-order valence-corrected chi connectivity index (χ4v) is 4.60. The van der Waals surface area contributed by atoms with Gasteiger partial charge >= 0.3 is 6.18 Å². The molecule has 0 N–H and O–H groups in total. The molecule has 2 aliphatic carbocycles. The van der Waals surface area contributed by atoms with Crippen molar-refractivity contribution in [2.45, 2.75) is 50.7 Å². The lowest BCUT2D eigenvalue weighted by atomic mass is 9.80. The molecule has 160 valence electrons. The van der Waals surface area contributed by atoms with E-state index >= 15 is 0 Å². The average Bonchev–Trinajstić information content (AvgIpc) is 3.42. The molecule has 0 spiro atoms. The highest BCUT2D eigenvalue weighted by molar-refractivity contribution is 5.96. The molecule has 0 aromatic carbocycles. The smallest absolute Gasteiger partial charge is 0.336 e. The van der Waals surface area contributed by atoms with Crippen molar-refractivity contribution < 1.29 is 22.8 Å². The van der Waals surface area contributed by atoms with Gasteiger partial charge in [-0.1, -0.05) is 6.92 Å². The number of pyridine rings is 1. The van der Waals surface area contributed by atoms with Gasteiger partial charge in [-0.3, -0.25) is 9.59 Å². The van der Waals surface area contributed by atoms with Gasteiger partial charge in [-0.05, 0) is 61.3 Å². The van der Waals surface area contributed by atoms with Crippen LogP contribution in [0.4, 0.5) is 13.2 Å². The number of aromatic nitrogens is 2. The molecular formula is C21H23F3N4O2. The summed E-state index contributed by atoms with van der Waals surface area (Å²) in [5.41, 5.74) is -0.0522. The molecule has 1 aliphatic heterocycles. The van der Waals surface area contributed by atoms with E-state index in [0.717, 1.165) is 36.3 Å². The van der Waals surface area contributed by atoms with Crippen LogP contribution in [0.3, 0.4) is 0 Å². The normalized spacial score (nSPS) is 25.0. The summed E-state index contributed by atoms with van der Waals surface area (Å²) >= 11 is 0. The maximum atomic E-state index is 13.6. The quantitative estimate of drug-likeness (QED) is 0.766. The van der Waals surface area contributed by atoms with Gasteiger partial charge in [-0.25, -0.2) is 4.52 Å². The van der Waals surface area contributed by atoms with Crippen molar-refractivity contribution in [3.63, 3.8) is 0 Å². The number of piperazine rings is 1. The Morgan fingerprint density at radius 3 is 2.47 bits per heavy atom. The predicted octanol–water partition coefficient (Wildman–Crippen LogP) is 3.31. The zero-order valence-corrected chi connectivity index (χ0v) is 16.7. The van der Waals surface area contributed by atoms with Crippen LogP contribution in [0.5, 0.6) is 0 Å². The Morgan fingerprint density at radius 2 is 1.87 bits per heavy atom. The Labute approximate surface area is 171 Å². The van der Waals surface area contributed by atoms with Gasteiger partial charge in [-0.15, -0.1) is 0 Å². The third-order valence-corrected chi connectivity index (χ3v) is 6.48. The summed E-state index contributed by atoms with van der Waals surface area (Å²) in [4.78, 5) is 28.7. The third kappa shape index (κ3) is 3.33. The molecule has 2 aromatic heterocycles. The number of carbonyl (C=O) groups excluding carboxylic acids is 2. The van der Waals surface area contributed by atoms with Crippen LogP contribution in [-0.2, 0) is 11.0 Å². The van der Waals surface area contributed by atoms with Crippen molar-refractivity contribution in [2.75, 3.05) is 19.6 Å². The Bertz CT molecular complexity index is 1020. The van der Waals surface area contributed by atoms with Crippen LogP contribution in [0.2, 0.25) is 0 Å². The van der Waals surface area contributed by atoms with Gasteiger partial charge in [0.2, 0.25) is 5.91 Å². The molecule has 6 nitrogen and oxygen atoms in total. The zero-order valence-electron chi connectivity index (χ0n) is 16.7. The number of nitrogens with zero attached hydrogens (tertiary/aromatic N) is 4. The number of amides is 2. The molecule has 3 fully saturated rings. The minimum absolute atomic E-state index is 0.0585. The largest absolute Gasteiger partial charge is 0.433 e. The molecule has 2 aromatic rings. The van der Waals surface area contributed by atoms with Crippen LogP contribution in [0.25, 0.3) is 5.52 Å². The number of rotatable bonds is 3. The van der Waals surface area contributed by atoms with Gasteiger partial charge in [0, 0.05) is 19.1 Å². The zero-order chi connectivity index (χ0) is 21.2. The highest BCUT2D eigenvalue weighted by Crippen LogP contribution is 2.42. The van der Waals surface area contributed by atoms with E-state index in [0.29, 0.717) is 24.6 Å². The maximum absolute atomic E-state index is 13.6. The summed E-state index contributed by atoms with van der Waals surface area (Å²) < 4.78 is 41.5. The third-order valence-electron chi connectivity index (χ3n) is 6.48. The summed E-state index contributed by atoms with van der Waals surface area (Å²) in [6.07, 6.45) is -0.860. The Morgan fingerprint density at radius 1 is 1.13 bits per heavy atom. The fourth-order valence-electron chi connectivity index (χ4n) is 4.60. The van der Waals surface area contributed by atoms with Crippen LogP contribution in [-0.4, -0.2) is 56.9 Å². The molecule has 0 atom stereocenters. The minimum Gasteiger partial charge on any atom is -0.336 e. The second-order valence-electron chi connectivity index (χ2n) is 8.86. The monoisotopic (exact) mass is 420 g/mol. The first-order valence-corrected chi connectivity index (χ1v) is 10.4. The second kappa shape index (κ2) is 6.72. The van der Waals surface area contributed by atoms with Crippen LogP contribution in [0, 0.1) is 5.92 Å². The molecule has 2 saturated carbocycles. The summed E-state index contributed by atoms with van der Waals surface area (Å²) in [7, 11) is 0. The summed E-state index contributed by atoms with van der Waals surface area (Å²) in [5.74, 6) is 0.144. The lowest BCUT2D eigenvalue weighted by molar-refractivity contribution is -0.142. The van der Waals surface area contributed by atoms with Gasteiger partial charge in [0.15, 0.2) is 5.69 Å². The highest BCUT2D eigenvalue weighted by atomic mass is 19.4. The van der Waals surface area contributed by atoms with Gasteiger partial charge in [-0.2, -0.15) is 18.3 Å². The number of hydrogen-bond acceptors (Lipinski definition) is 3. The molecule has 3 aliphatic rings.